The predicted molar refractivity (Wildman–Crippen MR) is 59.0 cm³/mol. The molecule has 0 aliphatic rings. The fourth-order valence-corrected chi connectivity index (χ4v) is 2.35. The van der Waals surface area contributed by atoms with Crippen molar-refractivity contribution in [1.82, 2.24) is 4.98 Å². The van der Waals surface area contributed by atoms with Crippen molar-refractivity contribution in [2.75, 3.05) is 6.61 Å². The molecule has 15 heavy (non-hydrogen) atoms. The summed E-state index contributed by atoms with van der Waals surface area (Å²) in [6.45, 7) is 4.66. The monoisotopic (exact) mass is 223 g/mol. The van der Waals surface area contributed by atoms with Gasteiger partial charge in [0.1, 0.15) is 6.10 Å². The van der Waals surface area contributed by atoms with E-state index < -0.39 is 0 Å². The first-order valence-electron chi connectivity index (χ1n) is 4.86. The lowest BCUT2D eigenvalue weighted by Crippen LogP contribution is -2.04. The number of rotatable bonds is 4. The van der Waals surface area contributed by atoms with Gasteiger partial charge in [0.25, 0.3) is 0 Å². The van der Waals surface area contributed by atoms with Crippen LogP contribution in [0.5, 0.6) is 0 Å². The summed E-state index contributed by atoms with van der Waals surface area (Å²) >= 11 is 1.62. The number of aryl methyl sites for hydroxylation is 1. The lowest BCUT2D eigenvalue weighted by Gasteiger charge is -2.14. The Labute approximate surface area is 92.7 Å². The Hall–Kier alpha value is -1.13. The van der Waals surface area contributed by atoms with E-state index in [9.17, 15) is 0 Å². The molecule has 2 rings (SSSR count). The van der Waals surface area contributed by atoms with Gasteiger partial charge in [-0.3, -0.25) is 0 Å². The number of hydrogen-bond donors (Lipinski definition) is 0. The molecular weight excluding hydrogens is 210 g/mol. The maximum atomic E-state index is 5.72. The van der Waals surface area contributed by atoms with E-state index in [2.05, 4.69) is 4.98 Å². The molecular formula is C11H13NO2S. The maximum Gasteiger partial charge on any atom is 0.122 e. The molecule has 2 aromatic rings. The minimum Gasteiger partial charge on any atom is -0.472 e. The average Bonchev–Trinajstić information content (AvgIpc) is 2.85. The second-order valence-corrected chi connectivity index (χ2v) is 4.08. The first kappa shape index (κ1) is 10.4. The van der Waals surface area contributed by atoms with Gasteiger partial charge in [0.15, 0.2) is 0 Å². The highest BCUT2D eigenvalue weighted by atomic mass is 32.1. The molecule has 4 heteroatoms. The van der Waals surface area contributed by atoms with Crippen LogP contribution in [-0.4, -0.2) is 11.6 Å². The average molecular weight is 223 g/mol. The van der Waals surface area contributed by atoms with E-state index >= 15 is 0 Å². The van der Waals surface area contributed by atoms with Crippen molar-refractivity contribution in [3.63, 3.8) is 0 Å². The van der Waals surface area contributed by atoms with Gasteiger partial charge in [0.2, 0.25) is 0 Å². The van der Waals surface area contributed by atoms with Gasteiger partial charge < -0.3 is 9.15 Å². The summed E-state index contributed by atoms with van der Waals surface area (Å²) in [5, 5.41) is 0. The van der Waals surface area contributed by atoms with E-state index in [0.717, 1.165) is 16.1 Å². The lowest BCUT2D eigenvalue weighted by atomic mass is 10.1. The highest BCUT2D eigenvalue weighted by Gasteiger charge is 2.19. The third kappa shape index (κ3) is 2.11. The van der Waals surface area contributed by atoms with Crippen LogP contribution in [-0.2, 0) is 4.74 Å². The zero-order valence-corrected chi connectivity index (χ0v) is 9.58. The minimum absolute atomic E-state index is 0.0405. The minimum atomic E-state index is -0.0405. The van der Waals surface area contributed by atoms with Gasteiger partial charge in [0, 0.05) is 12.2 Å². The van der Waals surface area contributed by atoms with E-state index in [1.807, 2.05) is 25.4 Å². The van der Waals surface area contributed by atoms with Gasteiger partial charge in [0.05, 0.1) is 28.6 Å². The summed E-state index contributed by atoms with van der Waals surface area (Å²) in [6, 6.07) is 1.93. The van der Waals surface area contributed by atoms with Crippen molar-refractivity contribution in [2.45, 2.75) is 20.0 Å². The second kappa shape index (κ2) is 4.59. The van der Waals surface area contributed by atoms with Crippen molar-refractivity contribution in [1.29, 1.82) is 0 Å². The van der Waals surface area contributed by atoms with Crippen molar-refractivity contribution in [3.8, 4) is 0 Å². The van der Waals surface area contributed by atoms with Crippen LogP contribution in [0.25, 0.3) is 0 Å². The second-order valence-electron chi connectivity index (χ2n) is 3.19. The van der Waals surface area contributed by atoms with Gasteiger partial charge in [-0.15, -0.1) is 11.3 Å². The number of thiazole rings is 1. The largest absolute Gasteiger partial charge is 0.472 e. The Bertz CT molecular complexity index is 408. The Morgan fingerprint density at radius 3 is 3.00 bits per heavy atom. The molecule has 0 radical (unpaired) electrons. The van der Waals surface area contributed by atoms with Crippen molar-refractivity contribution >= 4 is 11.3 Å². The molecule has 0 saturated heterocycles. The topological polar surface area (TPSA) is 35.3 Å². The van der Waals surface area contributed by atoms with Crippen LogP contribution in [0.1, 0.15) is 29.2 Å². The first-order chi connectivity index (χ1) is 7.33. The van der Waals surface area contributed by atoms with Crippen LogP contribution < -0.4 is 0 Å². The van der Waals surface area contributed by atoms with Crippen molar-refractivity contribution in [3.05, 3.63) is 40.2 Å². The number of furan rings is 1. The number of aromatic nitrogens is 1. The summed E-state index contributed by atoms with van der Waals surface area (Å²) in [5.74, 6) is 0. The van der Waals surface area contributed by atoms with E-state index in [1.54, 1.807) is 23.9 Å². The summed E-state index contributed by atoms with van der Waals surface area (Å²) < 4.78 is 10.8. The smallest absolute Gasteiger partial charge is 0.122 e. The fraction of sp³-hybridized carbons (Fsp3) is 0.364. The van der Waals surface area contributed by atoms with Crippen LogP contribution in [0.2, 0.25) is 0 Å². The van der Waals surface area contributed by atoms with Crippen molar-refractivity contribution < 1.29 is 9.15 Å². The molecule has 3 nitrogen and oxygen atoms in total. The molecule has 0 aliphatic carbocycles. The van der Waals surface area contributed by atoms with Crippen LogP contribution in [0.4, 0.5) is 0 Å². The molecule has 0 amide bonds. The van der Waals surface area contributed by atoms with Crippen LogP contribution in [0.15, 0.2) is 28.5 Å². The van der Waals surface area contributed by atoms with Gasteiger partial charge in [-0.2, -0.15) is 0 Å². The quantitative estimate of drug-likeness (QED) is 0.798. The number of nitrogens with zero attached hydrogens (tertiary/aromatic N) is 1. The Balaban J connectivity index is 2.32. The molecule has 0 spiro atoms. The Kier molecular flexibility index (Phi) is 3.18. The molecule has 0 N–H and O–H groups in total. The Morgan fingerprint density at radius 1 is 1.60 bits per heavy atom. The molecule has 0 aliphatic heterocycles. The molecule has 2 heterocycles. The van der Waals surface area contributed by atoms with Gasteiger partial charge in [-0.25, -0.2) is 4.98 Å². The molecule has 0 saturated carbocycles. The standard InChI is InChI=1S/C11H13NO2S/c1-3-14-10(9-4-5-13-6-9)11-8(2)12-7-15-11/h4-7,10H,3H2,1-2H3. The maximum absolute atomic E-state index is 5.72. The summed E-state index contributed by atoms with van der Waals surface area (Å²) in [6.07, 6.45) is 3.35. The molecule has 1 atom stereocenters. The molecule has 0 aromatic carbocycles. The molecule has 0 fully saturated rings. The fourth-order valence-electron chi connectivity index (χ4n) is 1.48. The molecule has 1 unspecified atom stereocenters. The summed E-state index contributed by atoms with van der Waals surface area (Å²) in [5.41, 5.74) is 3.92. The van der Waals surface area contributed by atoms with E-state index in [0.29, 0.717) is 6.61 Å². The highest BCUT2D eigenvalue weighted by Crippen LogP contribution is 2.31. The third-order valence-corrected chi connectivity index (χ3v) is 3.17. The predicted octanol–water partition coefficient (Wildman–Crippen LogP) is 3.17. The van der Waals surface area contributed by atoms with Crippen LogP contribution >= 0.6 is 11.3 Å². The first-order valence-corrected chi connectivity index (χ1v) is 5.74. The summed E-state index contributed by atoms with van der Waals surface area (Å²) in [4.78, 5) is 5.39. The van der Waals surface area contributed by atoms with Crippen molar-refractivity contribution in [2.24, 2.45) is 0 Å². The van der Waals surface area contributed by atoms with E-state index in [-0.39, 0.29) is 6.10 Å². The van der Waals surface area contributed by atoms with Gasteiger partial charge >= 0.3 is 0 Å². The summed E-state index contributed by atoms with van der Waals surface area (Å²) in [7, 11) is 0. The third-order valence-electron chi connectivity index (χ3n) is 2.20. The molecule has 0 bridgehead atoms. The van der Waals surface area contributed by atoms with Crippen LogP contribution in [0, 0.1) is 6.92 Å². The highest BCUT2D eigenvalue weighted by molar-refractivity contribution is 7.09. The van der Waals surface area contributed by atoms with E-state index in [1.165, 1.54) is 0 Å². The Morgan fingerprint density at radius 2 is 2.47 bits per heavy atom. The zero-order valence-electron chi connectivity index (χ0n) is 8.77. The molecule has 80 valence electrons. The van der Waals surface area contributed by atoms with Gasteiger partial charge in [-0.1, -0.05) is 0 Å². The van der Waals surface area contributed by atoms with E-state index in [4.69, 9.17) is 9.15 Å². The number of hydrogen-bond acceptors (Lipinski definition) is 4. The van der Waals surface area contributed by atoms with Crippen LogP contribution in [0.3, 0.4) is 0 Å². The molecule has 2 aromatic heterocycles. The van der Waals surface area contributed by atoms with Gasteiger partial charge in [-0.05, 0) is 19.9 Å². The zero-order chi connectivity index (χ0) is 10.7. The number of ether oxygens (including phenoxy) is 1. The SMILES string of the molecule is CCOC(c1ccoc1)c1scnc1C. The normalized spacial score (nSPS) is 12.9. The lowest BCUT2D eigenvalue weighted by molar-refractivity contribution is 0.0928.